The van der Waals surface area contributed by atoms with Crippen LogP contribution in [0.2, 0.25) is 0 Å². The van der Waals surface area contributed by atoms with Crippen molar-refractivity contribution < 1.29 is 32.2 Å². The summed E-state index contributed by atoms with van der Waals surface area (Å²) in [6.45, 7) is 5.62. The number of carbonyl (C=O) groups excluding carboxylic acids is 2. The number of esters is 1. The highest BCUT2D eigenvalue weighted by Gasteiger charge is 2.25. The van der Waals surface area contributed by atoms with E-state index in [9.17, 15) is 18.0 Å². The molecule has 0 amide bonds. The van der Waals surface area contributed by atoms with Gasteiger partial charge >= 0.3 is 5.97 Å². The molecule has 9 heteroatoms. The van der Waals surface area contributed by atoms with Crippen LogP contribution in [0.15, 0.2) is 95.9 Å². The summed E-state index contributed by atoms with van der Waals surface area (Å²) in [7, 11) is -2.65. The molecule has 8 nitrogen and oxygen atoms in total. The molecule has 0 saturated carbocycles. The number of nitrogens with one attached hydrogen (secondary N) is 1. The van der Waals surface area contributed by atoms with Crippen molar-refractivity contribution in [3.05, 3.63) is 113 Å². The third-order valence-corrected chi connectivity index (χ3v) is 8.09. The van der Waals surface area contributed by atoms with Gasteiger partial charge in [0.1, 0.15) is 24.7 Å². The van der Waals surface area contributed by atoms with Gasteiger partial charge in [0.25, 0.3) is 0 Å². The number of sulfonamides is 1. The monoisotopic (exact) mass is 601 g/mol. The summed E-state index contributed by atoms with van der Waals surface area (Å²) in [5.74, 6) is 0.109. The third kappa shape index (κ3) is 8.53. The molecule has 0 aliphatic heterocycles. The molecule has 0 aliphatic rings. The van der Waals surface area contributed by atoms with Crippen LogP contribution in [0, 0.1) is 0 Å². The first-order valence-corrected chi connectivity index (χ1v) is 15.2. The first-order chi connectivity index (χ1) is 20.5. The first-order valence-electron chi connectivity index (χ1n) is 13.7. The summed E-state index contributed by atoms with van der Waals surface area (Å²) in [6.07, 6.45) is 0.546. The molecule has 0 bridgehead atoms. The Labute approximate surface area is 252 Å². The average molecular weight is 602 g/mol. The zero-order chi connectivity index (χ0) is 31.0. The van der Waals surface area contributed by atoms with Crippen molar-refractivity contribution in [1.29, 1.82) is 0 Å². The Morgan fingerprint density at radius 1 is 0.791 bits per heavy atom. The highest BCUT2D eigenvalue weighted by atomic mass is 32.2. The maximum absolute atomic E-state index is 13.4. The van der Waals surface area contributed by atoms with Gasteiger partial charge in [0.2, 0.25) is 10.0 Å². The topological polar surface area (TPSA) is 108 Å². The smallest absolute Gasteiger partial charge is 0.309 e. The summed E-state index contributed by atoms with van der Waals surface area (Å²) in [5.41, 5.74) is 2.52. The fourth-order valence-electron chi connectivity index (χ4n) is 4.44. The Balaban J connectivity index is 1.91. The lowest BCUT2D eigenvalue weighted by Gasteiger charge is -2.22. The van der Waals surface area contributed by atoms with Crippen LogP contribution in [0.1, 0.15) is 47.8 Å². The number of carbonyl (C=O) groups is 2. The van der Waals surface area contributed by atoms with Gasteiger partial charge in [-0.3, -0.25) is 9.59 Å². The molecule has 0 saturated heterocycles. The minimum absolute atomic E-state index is 0.00418. The normalized spacial score (nSPS) is 11.5. The van der Waals surface area contributed by atoms with Crippen molar-refractivity contribution >= 4 is 22.3 Å². The second-order valence-corrected chi connectivity index (χ2v) is 12.7. The van der Waals surface area contributed by atoms with Crippen molar-refractivity contribution in [3.8, 4) is 22.6 Å². The molecule has 1 N–H and O–H groups in total. The van der Waals surface area contributed by atoms with Gasteiger partial charge in [-0.25, -0.2) is 13.1 Å². The minimum Gasteiger partial charge on any atom is -0.488 e. The van der Waals surface area contributed by atoms with Crippen molar-refractivity contribution in [1.82, 2.24) is 4.72 Å². The van der Waals surface area contributed by atoms with Crippen molar-refractivity contribution in [2.24, 2.45) is 0 Å². The Morgan fingerprint density at radius 3 is 1.95 bits per heavy atom. The van der Waals surface area contributed by atoms with E-state index in [0.717, 1.165) is 11.1 Å². The summed E-state index contributed by atoms with van der Waals surface area (Å²) >= 11 is 0. The number of benzene rings is 4. The molecular weight excluding hydrogens is 566 g/mol. The number of ether oxygens (including phenoxy) is 3. The SMILES string of the molecule is COC(=O)Cc1cc(C=O)c(OCc2ccccc2)c(-c2cc(S(=O)(=O)NC(C)(C)C)ccc2OCc2ccccc2)c1. The third-order valence-electron chi connectivity index (χ3n) is 6.34. The Kier molecular flexibility index (Phi) is 10.0. The van der Waals surface area contributed by atoms with Gasteiger partial charge < -0.3 is 14.2 Å². The summed E-state index contributed by atoms with van der Waals surface area (Å²) in [4.78, 5) is 24.6. The second kappa shape index (κ2) is 13.7. The Morgan fingerprint density at radius 2 is 1.40 bits per heavy atom. The lowest BCUT2D eigenvalue weighted by Crippen LogP contribution is -2.40. The van der Waals surface area contributed by atoms with E-state index < -0.39 is 21.5 Å². The van der Waals surface area contributed by atoms with E-state index in [1.807, 2.05) is 60.7 Å². The number of aldehydes is 1. The van der Waals surface area contributed by atoms with Crippen LogP contribution in [0.3, 0.4) is 0 Å². The largest absolute Gasteiger partial charge is 0.488 e. The number of rotatable bonds is 12. The molecule has 0 aromatic heterocycles. The van der Waals surface area contributed by atoms with Gasteiger partial charge in [0.15, 0.2) is 6.29 Å². The number of methoxy groups -OCH3 is 1. The van der Waals surface area contributed by atoms with E-state index >= 15 is 0 Å². The molecule has 0 unspecified atom stereocenters. The molecule has 0 fully saturated rings. The Bertz CT molecular complexity index is 1680. The van der Waals surface area contributed by atoms with Crippen molar-refractivity contribution in [3.63, 3.8) is 0 Å². The molecular formula is C34H35NO7S. The summed E-state index contributed by atoms with van der Waals surface area (Å²) in [6, 6.07) is 26.8. The van der Waals surface area contributed by atoms with E-state index in [2.05, 4.69) is 4.72 Å². The minimum atomic E-state index is -3.94. The number of hydrogen-bond acceptors (Lipinski definition) is 7. The van der Waals surface area contributed by atoms with E-state index in [4.69, 9.17) is 14.2 Å². The molecule has 0 aliphatic carbocycles. The molecule has 4 rings (SSSR count). The highest BCUT2D eigenvalue weighted by Crippen LogP contribution is 2.41. The number of hydrogen-bond donors (Lipinski definition) is 1. The second-order valence-electron chi connectivity index (χ2n) is 11.0. The fourth-order valence-corrected chi connectivity index (χ4v) is 5.89. The van der Waals surface area contributed by atoms with Gasteiger partial charge in [0, 0.05) is 16.7 Å². The van der Waals surface area contributed by atoms with Crippen LogP contribution in [0.25, 0.3) is 11.1 Å². The van der Waals surface area contributed by atoms with Crippen LogP contribution >= 0.6 is 0 Å². The van der Waals surface area contributed by atoms with E-state index in [1.165, 1.54) is 19.2 Å². The fraction of sp³-hybridized carbons (Fsp3) is 0.235. The molecule has 43 heavy (non-hydrogen) atoms. The Hall–Kier alpha value is -4.47. The lowest BCUT2D eigenvalue weighted by molar-refractivity contribution is -0.139. The van der Waals surface area contributed by atoms with Crippen LogP contribution in [0.4, 0.5) is 0 Å². The van der Waals surface area contributed by atoms with E-state index in [-0.39, 0.29) is 35.8 Å². The molecule has 0 radical (unpaired) electrons. The maximum Gasteiger partial charge on any atom is 0.309 e. The van der Waals surface area contributed by atoms with Gasteiger partial charge in [-0.1, -0.05) is 60.7 Å². The van der Waals surface area contributed by atoms with Gasteiger partial charge in [-0.05, 0) is 67.8 Å². The van der Waals surface area contributed by atoms with Crippen molar-refractivity contribution in [2.45, 2.75) is 50.8 Å². The van der Waals surface area contributed by atoms with Crippen LogP contribution in [-0.4, -0.2) is 33.3 Å². The highest BCUT2D eigenvalue weighted by molar-refractivity contribution is 7.89. The predicted molar refractivity (Wildman–Crippen MR) is 165 cm³/mol. The van der Waals surface area contributed by atoms with Crippen molar-refractivity contribution in [2.75, 3.05) is 7.11 Å². The quantitative estimate of drug-likeness (QED) is 0.154. The lowest BCUT2D eigenvalue weighted by atomic mass is 9.96. The average Bonchev–Trinajstić information content (AvgIpc) is 2.98. The zero-order valence-electron chi connectivity index (χ0n) is 24.6. The van der Waals surface area contributed by atoms with Crippen LogP contribution in [0.5, 0.6) is 11.5 Å². The molecule has 0 heterocycles. The van der Waals surface area contributed by atoms with Crippen LogP contribution in [-0.2, 0) is 39.2 Å². The van der Waals surface area contributed by atoms with E-state index in [1.54, 1.807) is 39.0 Å². The molecule has 0 atom stereocenters. The summed E-state index contributed by atoms with van der Waals surface area (Å²) < 4.78 is 46.8. The van der Waals surface area contributed by atoms with Gasteiger partial charge in [-0.15, -0.1) is 0 Å². The molecule has 4 aromatic rings. The molecule has 224 valence electrons. The van der Waals surface area contributed by atoms with Crippen LogP contribution < -0.4 is 14.2 Å². The van der Waals surface area contributed by atoms with Gasteiger partial charge in [0.05, 0.1) is 24.0 Å². The maximum atomic E-state index is 13.4. The first kappa shape index (κ1) is 31.5. The van der Waals surface area contributed by atoms with E-state index in [0.29, 0.717) is 28.7 Å². The summed E-state index contributed by atoms with van der Waals surface area (Å²) in [5, 5.41) is 0. The zero-order valence-corrected chi connectivity index (χ0v) is 25.4. The molecule has 4 aromatic carbocycles. The predicted octanol–water partition coefficient (Wildman–Crippen LogP) is 6.12. The molecule has 0 spiro atoms. The van der Waals surface area contributed by atoms with Gasteiger partial charge in [-0.2, -0.15) is 0 Å². The standard InChI is InChI=1S/C34H35NO7S/c1-34(2,3)35-43(38,39)28-15-16-31(41-22-24-11-7-5-8-12-24)29(20-28)30-18-26(19-32(37)40-4)17-27(21-36)33(30)42-23-25-13-9-6-10-14-25/h5-18,20-21,35H,19,22-23H2,1-4H3.